The Morgan fingerprint density at radius 2 is 1.56 bits per heavy atom. The number of ether oxygens (including phenoxy) is 1. The molecule has 0 aromatic heterocycles. The molecule has 0 bridgehead atoms. The maximum atomic E-state index is 13.1. The van der Waals surface area contributed by atoms with Crippen molar-refractivity contribution in [1.29, 1.82) is 0 Å². The molecule has 7 nitrogen and oxygen atoms in total. The molecule has 2 aromatic carbocycles. The molecule has 0 N–H and O–H groups in total. The fraction of sp³-hybridized carbons (Fsp3) is 0.500. The Labute approximate surface area is 203 Å². The van der Waals surface area contributed by atoms with Crippen LogP contribution in [-0.2, 0) is 16.4 Å². The van der Waals surface area contributed by atoms with Gasteiger partial charge >= 0.3 is 0 Å². The summed E-state index contributed by atoms with van der Waals surface area (Å²) in [6.07, 6.45) is 4.86. The van der Waals surface area contributed by atoms with Crippen LogP contribution in [0, 0.1) is 0 Å². The Kier molecular flexibility index (Phi) is 8.24. The lowest BCUT2D eigenvalue weighted by Crippen LogP contribution is -2.49. The van der Waals surface area contributed by atoms with Crippen molar-refractivity contribution in [3.63, 3.8) is 0 Å². The van der Waals surface area contributed by atoms with Crippen molar-refractivity contribution in [2.75, 3.05) is 52.9 Å². The molecule has 0 unspecified atom stereocenters. The quantitative estimate of drug-likeness (QED) is 0.602. The smallest absolute Gasteiger partial charge is 0.253 e. The van der Waals surface area contributed by atoms with Crippen LogP contribution in [0.3, 0.4) is 0 Å². The topological polar surface area (TPSA) is 70.2 Å². The molecule has 0 radical (unpaired) electrons. The van der Waals surface area contributed by atoms with Gasteiger partial charge in [0, 0.05) is 51.4 Å². The van der Waals surface area contributed by atoms with Gasteiger partial charge in [0.1, 0.15) is 5.75 Å². The highest BCUT2D eigenvalue weighted by Gasteiger charge is 2.27. The van der Waals surface area contributed by atoms with Gasteiger partial charge in [0.05, 0.1) is 12.0 Å². The molecule has 2 aliphatic rings. The number of carbonyl (C=O) groups excluding carboxylic acids is 1. The molecular formula is C26H35N3O4S. The summed E-state index contributed by atoms with van der Waals surface area (Å²) >= 11 is 0. The van der Waals surface area contributed by atoms with Crippen molar-refractivity contribution in [2.45, 2.75) is 37.0 Å². The average molecular weight is 486 g/mol. The molecule has 2 fully saturated rings. The molecule has 34 heavy (non-hydrogen) atoms. The van der Waals surface area contributed by atoms with Gasteiger partial charge in [-0.2, -0.15) is 4.31 Å². The summed E-state index contributed by atoms with van der Waals surface area (Å²) in [6, 6.07) is 14.7. The van der Waals surface area contributed by atoms with Crippen molar-refractivity contribution < 1.29 is 17.9 Å². The van der Waals surface area contributed by atoms with Crippen LogP contribution in [0.1, 0.15) is 41.6 Å². The molecule has 8 heteroatoms. The highest BCUT2D eigenvalue weighted by molar-refractivity contribution is 7.89. The lowest BCUT2D eigenvalue weighted by atomic mass is 10.1. The minimum atomic E-state index is -3.57. The Morgan fingerprint density at radius 1 is 0.882 bits per heavy atom. The molecule has 0 saturated carbocycles. The molecule has 0 atom stereocenters. The van der Waals surface area contributed by atoms with E-state index in [1.54, 1.807) is 35.7 Å². The summed E-state index contributed by atoms with van der Waals surface area (Å²) < 4.78 is 33.1. The highest BCUT2D eigenvalue weighted by Crippen LogP contribution is 2.22. The number of nitrogens with zero attached hydrogens (tertiary/aromatic N) is 3. The molecule has 2 aliphatic heterocycles. The summed E-state index contributed by atoms with van der Waals surface area (Å²) in [5.41, 5.74) is 1.71. The molecule has 4 rings (SSSR count). The summed E-state index contributed by atoms with van der Waals surface area (Å²) in [5.74, 6) is 0.766. The molecular weight excluding hydrogens is 450 g/mol. The van der Waals surface area contributed by atoms with Gasteiger partial charge < -0.3 is 9.64 Å². The van der Waals surface area contributed by atoms with E-state index in [0.717, 1.165) is 57.5 Å². The first-order valence-corrected chi connectivity index (χ1v) is 13.7. The first-order valence-electron chi connectivity index (χ1n) is 12.2. The van der Waals surface area contributed by atoms with Gasteiger partial charge in [-0.1, -0.05) is 31.0 Å². The van der Waals surface area contributed by atoms with E-state index < -0.39 is 10.0 Å². The maximum absolute atomic E-state index is 13.1. The third kappa shape index (κ3) is 5.98. The summed E-state index contributed by atoms with van der Waals surface area (Å²) in [5, 5.41) is 0. The van der Waals surface area contributed by atoms with E-state index in [-0.39, 0.29) is 10.8 Å². The molecule has 2 heterocycles. The van der Waals surface area contributed by atoms with E-state index in [4.69, 9.17) is 4.74 Å². The number of benzene rings is 2. The third-order valence-electron chi connectivity index (χ3n) is 6.82. The van der Waals surface area contributed by atoms with Gasteiger partial charge in [0.25, 0.3) is 5.91 Å². The van der Waals surface area contributed by atoms with E-state index in [2.05, 4.69) is 17.0 Å². The Hall–Kier alpha value is -2.42. The number of hydrogen-bond acceptors (Lipinski definition) is 5. The Morgan fingerprint density at radius 3 is 2.21 bits per heavy atom. The first kappa shape index (κ1) is 24.7. The zero-order chi connectivity index (χ0) is 24.0. The number of rotatable bonds is 7. The number of sulfonamides is 1. The lowest BCUT2D eigenvalue weighted by Gasteiger charge is -2.35. The molecule has 2 aromatic rings. The predicted octanol–water partition coefficient (Wildman–Crippen LogP) is 3.26. The fourth-order valence-electron chi connectivity index (χ4n) is 4.66. The second-order valence-electron chi connectivity index (χ2n) is 9.08. The van der Waals surface area contributed by atoms with Crippen LogP contribution in [-0.4, -0.2) is 81.4 Å². The van der Waals surface area contributed by atoms with Crippen molar-refractivity contribution in [3.8, 4) is 5.75 Å². The van der Waals surface area contributed by atoms with E-state index in [1.165, 1.54) is 5.56 Å². The van der Waals surface area contributed by atoms with Crippen LogP contribution >= 0.6 is 0 Å². The van der Waals surface area contributed by atoms with Crippen LogP contribution in [0.2, 0.25) is 0 Å². The average Bonchev–Trinajstić information content (AvgIpc) is 3.18. The fourth-order valence-corrected chi connectivity index (χ4v) is 6.22. The molecule has 1 amide bonds. The number of methoxy groups -OCH3 is 1. The number of piperazine rings is 1. The van der Waals surface area contributed by atoms with Gasteiger partial charge in [0.2, 0.25) is 10.0 Å². The van der Waals surface area contributed by atoms with Gasteiger partial charge in [-0.05, 0) is 55.2 Å². The van der Waals surface area contributed by atoms with Gasteiger partial charge in [-0.25, -0.2) is 8.42 Å². The predicted molar refractivity (Wildman–Crippen MR) is 133 cm³/mol. The third-order valence-corrected chi connectivity index (χ3v) is 8.71. The monoisotopic (exact) mass is 485 g/mol. The van der Waals surface area contributed by atoms with Crippen molar-refractivity contribution in [1.82, 2.24) is 14.1 Å². The lowest BCUT2D eigenvalue weighted by molar-refractivity contribution is 0.0638. The minimum absolute atomic E-state index is 0.0947. The molecule has 0 spiro atoms. The standard InChI is InChI=1S/C26H35N3O4S/c1-33-24-11-9-22(10-12-24)13-16-27-17-19-28(20-18-27)26(30)23-7-6-8-25(21-23)34(31,32)29-14-4-2-3-5-15-29/h6-12,21H,2-5,13-20H2,1H3. The zero-order valence-corrected chi connectivity index (χ0v) is 20.8. The molecule has 0 aliphatic carbocycles. The molecule has 184 valence electrons. The number of amides is 1. The van der Waals surface area contributed by atoms with Crippen molar-refractivity contribution >= 4 is 15.9 Å². The first-order chi connectivity index (χ1) is 16.5. The van der Waals surface area contributed by atoms with Crippen LogP contribution in [0.5, 0.6) is 5.75 Å². The van der Waals surface area contributed by atoms with Crippen LogP contribution < -0.4 is 4.74 Å². The number of carbonyl (C=O) groups is 1. The molecule has 2 saturated heterocycles. The minimum Gasteiger partial charge on any atom is -0.497 e. The Balaban J connectivity index is 1.33. The van der Waals surface area contributed by atoms with E-state index >= 15 is 0 Å². The van der Waals surface area contributed by atoms with Gasteiger partial charge in [-0.15, -0.1) is 0 Å². The summed E-state index contributed by atoms with van der Waals surface area (Å²) in [6.45, 7) is 4.96. The highest BCUT2D eigenvalue weighted by atomic mass is 32.2. The second-order valence-corrected chi connectivity index (χ2v) is 11.0. The van der Waals surface area contributed by atoms with Crippen LogP contribution in [0.25, 0.3) is 0 Å². The van der Waals surface area contributed by atoms with Crippen molar-refractivity contribution in [2.24, 2.45) is 0 Å². The van der Waals surface area contributed by atoms with Crippen LogP contribution in [0.15, 0.2) is 53.4 Å². The summed E-state index contributed by atoms with van der Waals surface area (Å²) in [4.78, 5) is 17.6. The van der Waals surface area contributed by atoms with E-state index in [0.29, 0.717) is 31.7 Å². The Bertz CT molecular complexity index is 1060. The van der Waals surface area contributed by atoms with E-state index in [1.807, 2.05) is 17.0 Å². The van der Waals surface area contributed by atoms with Gasteiger partial charge in [-0.3, -0.25) is 9.69 Å². The van der Waals surface area contributed by atoms with Crippen LogP contribution in [0.4, 0.5) is 0 Å². The SMILES string of the molecule is COc1ccc(CCN2CCN(C(=O)c3cccc(S(=O)(=O)N4CCCCCC4)c3)CC2)cc1. The number of hydrogen-bond donors (Lipinski definition) is 0. The zero-order valence-electron chi connectivity index (χ0n) is 20.0. The normalized spacial score (nSPS) is 18.4. The van der Waals surface area contributed by atoms with E-state index in [9.17, 15) is 13.2 Å². The van der Waals surface area contributed by atoms with Crippen molar-refractivity contribution in [3.05, 3.63) is 59.7 Å². The maximum Gasteiger partial charge on any atom is 0.253 e. The largest absolute Gasteiger partial charge is 0.497 e. The summed E-state index contributed by atoms with van der Waals surface area (Å²) in [7, 11) is -1.91. The van der Waals surface area contributed by atoms with Gasteiger partial charge in [0.15, 0.2) is 0 Å². The second kappa shape index (κ2) is 11.3.